The zero-order valence-corrected chi connectivity index (χ0v) is 17.0. The third-order valence-electron chi connectivity index (χ3n) is 4.29. The van der Waals surface area contributed by atoms with E-state index in [2.05, 4.69) is 71.1 Å². The second-order valence-corrected chi connectivity index (χ2v) is 8.05. The first kappa shape index (κ1) is 18.2. The van der Waals surface area contributed by atoms with E-state index in [-0.39, 0.29) is 0 Å². The van der Waals surface area contributed by atoms with Gasteiger partial charge in [0.05, 0.1) is 16.4 Å². The number of aromatic nitrogens is 1. The van der Waals surface area contributed by atoms with E-state index in [4.69, 9.17) is 0 Å². The fraction of sp³-hybridized carbons (Fsp3) is 0.444. The molecule has 1 unspecified atom stereocenters. The Bertz CT molecular complexity index is 730. The highest BCUT2D eigenvalue weighted by Gasteiger charge is 2.24. The number of nitrogens with one attached hydrogen (secondary N) is 2. The van der Waals surface area contributed by atoms with Crippen LogP contribution < -0.4 is 15.5 Å². The first-order valence-electron chi connectivity index (χ1n) is 8.53. The number of nitrogens with zero attached hydrogens (tertiary/aromatic N) is 3. The number of guanidine groups is 1. The second kappa shape index (κ2) is 8.67. The summed E-state index contributed by atoms with van der Waals surface area (Å²) in [4.78, 5) is 11.3. The van der Waals surface area contributed by atoms with Crippen molar-refractivity contribution < 1.29 is 0 Å². The second-order valence-electron chi connectivity index (χ2n) is 6.13. The molecule has 0 bridgehead atoms. The summed E-state index contributed by atoms with van der Waals surface area (Å²) in [6.07, 6.45) is 2.02. The van der Waals surface area contributed by atoms with Gasteiger partial charge in [-0.15, -0.1) is 11.3 Å². The van der Waals surface area contributed by atoms with Gasteiger partial charge in [0.15, 0.2) is 5.96 Å². The molecule has 2 heterocycles. The number of halogens is 1. The Morgan fingerprint density at radius 1 is 1.44 bits per heavy atom. The van der Waals surface area contributed by atoms with Crippen LogP contribution in [0.2, 0.25) is 0 Å². The van der Waals surface area contributed by atoms with Gasteiger partial charge >= 0.3 is 0 Å². The molecule has 2 aromatic rings. The van der Waals surface area contributed by atoms with Crippen LogP contribution in [0.15, 0.2) is 39.1 Å². The number of aryl methyl sites for hydroxylation is 1. The van der Waals surface area contributed by atoms with Gasteiger partial charge in [-0.1, -0.05) is 12.1 Å². The summed E-state index contributed by atoms with van der Waals surface area (Å²) in [7, 11) is 1.82. The minimum absolute atomic E-state index is 0.403. The van der Waals surface area contributed by atoms with Gasteiger partial charge in [0.25, 0.3) is 0 Å². The lowest BCUT2D eigenvalue weighted by atomic mass is 10.2. The van der Waals surface area contributed by atoms with Crippen molar-refractivity contribution in [2.45, 2.75) is 25.8 Å². The summed E-state index contributed by atoms with van der Waals surface area (Å²) in [5.74, 6) is 0.867. The fourth-order valence-electron chi connectivity index (χ4n) is 3.03. The maximum Gasteiger partial charge on any atom is 0.191 e. The molecule has 1 aliphatic heterocycles. The van der Waals surface area contributed by atoms with E-state index < -0.39 is 0 Å². The molecule has 7 heteroatoms. The van der Waals surface area contributed by atoms with Crippen molar-refractivity contribution in [1.82, 2.24) is 15.6 Å². The summed E-state index contributed by atoms with van der Waals surface area (Å²) in [5.41, 5.74) is 2.40. The van der Waals surface area contributed by atoms with Crippen molar-refractivity contribution in [3.8, 4) is 0 Å². The Kier molecular flexibility index (Phi) is 6.31. The van der Waals surface area contributed by atoms with Crippen molar-refractivity contribution in [3.63, 3.8) is 0 Å². The van der Waals surface area contributed by atoms with E-state index in [1.807, 2.05) is 14.0 Å². The van der Waals surface area contributed by atoms with E-state index in [9.17, 15) is 0 Å². The Hall–Kier alpha value is -1.60. The van der Waals surface area contributed by atoms with Crippen molar-refractivity contribution in [2.75, 3.05) is 31.6 Å². The number of benzene rings is 1. The van der Waals surface area contributed by atoms with Gasteiger partial charge < -0.3 is 15.5 Å². The maximum atomic E-state index is 4.50. The van der Waals surface area contributed by atoms with Crippen molar-refractivity contribution >= 4 is 38.9 Å². The predicted octanol–water partition coefficient (Wildman–Crippen LogP) is 3.20. The van der Waals surface area contributed by atoms with Crippen LogP contribution in [-0.4, -0.2) is 43.7 Å². The Balaban J connectivity index is 1.47. The molecule has 2 N–H and O–H groups in total. The molecule has 1 aromatic carbocycles. The molecule has 25 heavy (non-hydrogen) atoms. The smallest absolute Gasteiger partial charge is 0.191 e. The summed E-state index contributed by atoms with van der Waals surface area (Å²) in [6, 6.07) is 8.79. The molecule has 5 nitrogen and oxygen atoms in total. The normalized spacial score (nSPS) is 17.8. The monoisotopic (exact) mass is 421 g/mol. The number of anilines is 1. The number of aliphatic imine (C=N–C) groups is 1. The molecule has 1 aliphatic rings. The largest absolute Gasteiger partial charge is 0.368 e. The first-order chi connectivity index (χ1) is 12.2. The molecule has 1 aromatic heterocycles. The Morgan fingerprint density at radius 2 is 2.28 bits per heavy atom. The first-order valence-corrected chi connectivity index (χ1v) is 10.2. The topological polar surface area (TPSA) is 52.6 Å². The number of rotatable bonds is 5. The van der Waals surface area contributed by atoms with Crippen molar-refractivity contribution in [1.29, 1.82) is 0 Å². The van der Waals surface area contributed by atoms with Gasteiger partial charge in [0, 0.05) is 49.0 Å². The van der Waals surface area contributed by atoms with Crippen molar-refractivity contribution in [3.05, 3.63) is 44.8 Å². The summed E-state index contributed by atoms with van der Waals surface area (Å²) >= 11 is 5.35. The summed E-state index contributed by atoms with van der Waals surface area (Å²) in [6.45, 7) is 4.91. The van der Waals surface area contributed by atoms with E-state index in [1.165, 1.54) is 5.69 Å². The highest BCUT2D eigenvalue weighted by Crippen LogP contribution is 2.28. The lowest BCUT2D eigenvalue weighted by molar-refractivity contribution is 0.647. The van der Waals surface area contributed by atoms with Crippen LogP contribution in [0.25, 0.3) is 0 Å². The van der Waals surface area contributed by atoms with Crippen LogP contribution in [-0.2, 0) is 6.42 Å². The lowest BCUT2D eigenvalue weighted by Gasteiger charge is -2.21. The molecule has 3 rings (SSSR count). The molecule has 0 spiro atoms. The quantitative estimate of drug-likeness (QED) is 0.574. The zero-order valence-electron chi connectivity index (χ0n) is 14.6. The molecule has 1 fully saturated rings. The molecule has 0 amide bonds. The number of para-hydroxylation sites is 1. The van der Waals surface area contributed by atoms with Gasteiger partial charge in [0.1, 0.15) is 0 Å². The molecule has 0 aliphatic carbocycles. The van der Waals surface area contributed by atoms with E-state index >= 15 is 0 Å². The van der Waals surface area contributed by atoms with Crippen LogP contribution in [0, 0.1) is 6.92 Å². The lowest BCUT2D eigenvalue weighted by Crippen LogP contribution is -2.45. The number of hydrogen-bond donors (Lipinski definition) is 2. The molecular weight excluding hydrogens is 398 g/mol. The summed E-state index contributed by atoms with van der Waals surface area (Å²) in [5, 5.41) is 10.2. The molecule has 134 valence electrons. The zero-order chi connectivity index (χ0) is 17.6. The van der Waals surface area contributed by atoms with Crippen LogP contribution in [0.4, 0.5) is 5.69 Å². The van der Waals surface area contributed by atoms with Crippen LogP contribution >= 0.6 is 27.3 Å². The minimum atomic E-state index is 0.403. The molecular formula is C18H24BrN5S. The predicted molar refractivity (Wildman–Crippen MR) is 110 cm³/mol. The molecule has 0 radical (unpaired) electrons. The third kappa shape index (κ3) is 4.95. The van der Waals surface area contributed by atoms with Gasteiger partial charge in [-0.05, 0) is 41.4 Å². The fourth-order valence-corrected chi connectivity index (χ4v) is 4.21. The third-order valence-corrected chi connectivity index (χ3v) is 5.78. The van der Waals surface area contributed by atoms with Gasteiger partial charge in [0.2, 0.25) is 0 Å². The SMILES string of the molecule is CN=C(NCCc1csc(C)n1)NC1CCN(c2ccccc2Br)C1. The van der Waals surface area contributed by atoms with E-state index in [1.54, 1.807) is 11.3 Å². The molecule has 1 saturated heterocycles. The van der Waals surface area contributed by atoms with Crippen molar-refractivity contribution in [2.24, 2.45) is 4.99 Å². The maximum absolute atomic E-state index is 4.50. The Morgan fingerprint density at radius 3 is 3.00 bits per heavy atom. The van der Waals surface area contributed by atoms with Crippen LogP contribution in [0.1, 0.15) is 17.1 Å². The van der Waals surface area contributed by atoms with E-state index in [0.29, 0.717) is 6.04 Å². The average Bonchev–Trinajstić information content (AvgIpc) is 3.23. The van der Waals surface area contributed by atoms with Gasteiger partial charge in [-0.2, -0.15) is 0 Å². The minimum Gasteiger partial charge on any atom is -0.368 e. The Labute approximate surface area is 161 Å². The summed E-state index contributed by atoms with van der Waals surface area (Å²) < 4.78 is 1.15. The molecule has 1 atom stereocenters. The van der Waals surface area contributed by atoms with Crippen LogP contribution in [0.3, 0.4) is 0 Å². The van der Waals surface area contributed by atoms with E-state index in [0.717, 1.165) is 53.6 Å². The van der Waals surface area contributed by atoms with Crippen LogP contribution in [0.5, 0.6) is 0 Å². The standard InChI is InChI=1S/C18H24BrN5S/c1-13-22-15(12-25-13)7-9-21-18(20-2)23-14-8-10-24(11-14)17-6-4-3-5-16(17)19/h3-6,12,14H,7-11H2,1-2H3,(H2,20,21,23). The highest BCUT2D eigenvalue weighted by atomic mass is 79.9. The number of hydrogen-bond acceptors (Lipinski definition) is 4. The average molecular weight is 422 g/mol. The number of thiazole rings is 1. The molecule has 0 saturated carbocycles. The highest BCUT2D eigenvalue weighted by molar-refractivity contribution is 9.10. The van der Waals surface area contributed by atoms with Gasteiger partial charge in [-0.25, -0.2) is 4.98 Å². The van der Waals surface area contributed by atoms with Gasteiger partial charge in [-0.3, -0.25) is 4.99 Å².